The Hall–Kier alpha value is -2.51. The zero-order chi connectivity index (χ0) is 22.0. The van der Waals surface area contributed by atoms with Gasteiger partial charge in [0, 0.05) is 10.7 Å². The Morgan fingerprint density at radius 3 is 1.83 bits per heavy atom. The lowest BCUT2D eigenvalue weighted by molar-refractivity contribution is -0.143. The van der Waals surface area contributed by atoms with Crippen LogP contribution in [-0.4, -0.2) is 19.6 Å². The van der Waals surface area contributed by atoms with Crippen molar-refractivity contribution in [3.8, 4) is 0 Å². The number of hydroxylamine groups is 1. The molecule has 0 saturated carbocycles. The largest absolute Gasteiger partial charge is 0.416 e. The first-order chi connectivity index (χ1) is 13.2. The molecule has 2 rings (SSSR count). The summed E-state index contributed by atoms with van der Waals surface area (Å²) < 4.78 is 105. The van der Waals surface area contributed by atoms with E-state index < -0.39 is 44.4 Å². The van der Waals surface area contributed by atoms with Crippen LogP contribution in [0.4, 0.5) is 32.0 Å². The van der Waals surface area contributed by atoms with Crippen LogP contribution >= 0.6 is 11.6 Å². The standard InChI is InChI=1S/C15H10ClF6N3O3S/c16-10-1-3-11(4-2-10)23-13(24-26)25-29(27,28)12-6-8(14(17,18)19)5-9(7-12)15(20,21)22/h1-7,26H,(H2,23,24,25). The van der Waals surface area contributed by atoms with Crippen molar-refractivity contribution in [2.75, 3.05) is 5.32 Å². The molecule has 29 heavy (non-hydrogen) atoms. The highest BCUT2D eigenvalue weighted by Gasteiger charge is 2.38. The molecule has 3 N–H and O–H groups in total. The zero-order valence-corrected chi connectivity index (χ0v) is 15.4. The highest BCUT2D eigenvalue weighted by Crippen LogP contribution is 2.37. The SMILES string of the molecule is O=S(=O)(N=C(NO)Nc1ccc(Cl)cc1)c1cc(C(F)(F)F)cc(C(F)(F)F)c1. The maximum Gasteiger partial charge on any atom is 0.416 e. The number of benzene rings is 2. The van der Waals surface area contributed by atoms with Gasteiger partial charge in [0.2, 0.25) is 5.96 Å². The van der Waals surface area contributed by atoms with E-state index in [0.717, 1.165) is 0 Å². The fourth-order valence-corrected chi connectivity index (χ4v) is 3.10. The molecule has 2 aromatic rings. The molecule has 0 spiro atoms. The van der Waals surface area contributed by atoms with Gasteiger partial charge in [-0.05, 0) is 42.5 Å². The Labute approximate surface area is 164 Å². The van der Waals surface area contributed by atoms with E-state index in [0.29, 0.717) is 5.02 Å². The summed E-state index contributed by atoms with van der Waals surface area (Å²) in [5.74, 6) is -0.877. The number of anilines is 1. The summed E-state index contributed by atoms with van der Waals surface area (Å²) in [6.07, 6.45) is -10.5. The normalized spacial score (nSPS) is 13.3. The van der Waals surface area contributed by atoms with E-state index in [-0.39, 0.29) is 23.9 Å². The van der Waals surface area contributed by atoms with Gasteiger partial charge in [-0.3, -0.25) is 5.21 Å². The Balaban J connectivity index is 2.52. The van der Waals surface area contributed by atoms with Crippen molar-refractivity contribution in [2.24, 2.45) is 4.40 Å². The summed E-state index contributed by atoms with van der Waals surface area (Å²) in [6.45, 7) is 0. The minimum atomic E-state index is -5.24. The summed E-state index contributed by atoms with van der Waals surface area (Å²) in [5.41, 5.74) is -2.14. The van der Waals surface area contributed by atoms with Crippen LogP contribution in [0.3, 0.4) is 0 Å². The van der Waals surface area contributed by atoms with Crippen molar-refractivity contribution >= 4 is 33.3 Å². The minimum absolute atomic E-state index is 0.00532. The molecule has 0 saturated heterocycles. The number of guanidine groups is 1. The maximum absolute atomic E-state index is 12.9. The predicted octanol–water partition coefficient (Wildman–Crippen LogP) is 4.51. The van der Waals surface area contributed by atoms with Gasteiger partial charge in [0.05, 0.1) is 16.0 Å². The fourth-order valence-electron chi connectivity index (χ4n) is 1.99. The predicted molar refractivity (Wildman–Crippen MR) is 91.1 cm³/mol. The Morgan fingerprint density at radius 2 is 1.41 bits per heavy atom. The highest BCUT2D eigenvalue weighted by atomic mass is 35.5. The van der Waals surface area contributed by atoms with E-state index in [2.05, 4.69) is 9.71 Å². The first kappa shape index (κ1) is 22.8. The molecule has 0 aromatic heterocycles. The third kappa shape index (κ3) is 5.98. The van der Waals surface area contributed by atoms with Crippen molar-refractivity contribution in [3.05, 3.63) is 58.6 Å². The number of hydrogen-bond donors (Lipinski definition) is 3. The lowest BCUT2D eigenvalue weighted by Gasteiger charge is -2.14. The molecule has 0 heterocycles. The van der Waals surface area contributed by atoms with E-state index in [1.165, 1.54) is 29.7 Å². The molecular formula is C15H10ClF6N3O3S. The highest BCUT2D eigenvalue weighted by molar-refractivity contribution is 7.90. The molecule has 2 aromatic carbocycles. The average molecular weight is 462 g/mol. The minimum Gasteiger partial charge on any atom is -0.324 e. The first-order valence-electron chi connectivity index (χ1n) is 7.29. The Bertz CT molecular complexity index is 989. The number of rotatable bonds is 3. The molecule has 14 heteroatoms. The van der Waals surface area contributed by atoms with Crippen LogP contribution < -0.4 is 10.8 Å². The van der Waals surface area contributed by atoms with Gasteiger partial charge in [-0.15, -0.1) is 4.40 Å². The fraction of sp³-hybridized carbons (Fsp3) is 0.133. The van der Waals surface area contributed by atoms with Gasteiger partial charge in [-0.1, -0.05) is 11.6 Å². The monoisotopic (exact) mass is 461 g/mol. The third-order valence-corrected chi connectivity index (χ3v) is 4.79. The molecule has 0 amide bonds. The molecule has 0 radical (unpaired) electrons. The van der Waals surface area contributed by atoms with Crippen molar-refractivity contribution in [2.45, 2.75) is 17.2 Å². The van der Waals surface area contributed by atoms with Crippen LogP contribution in [0, 0.1) is 0 Å². The summed E-state index contributed by atoms with van der Waals surface area (Å²) in [6, 6.07) is 5.24. The summed E-state index contributed by atoms with van der Waals surface area (Å²) in [5, 5.41) is 11.6. The number of nitrogens with zero attached hydrogens (tertiary/aromatic N) is 1. The maximum atomic E-state index is 12.9. The van der Waals surface area contributed by atoms with Gasteiger partial charge < -0.3 is 5.32 Å². The van der Waals surface area contributed by atoms with Gasteiger partial charge in [-0.25, -0.2) is 5.48 Å². The summed E-state index contributed by atoms with van der Waals surface area (Å²) in [7, 11) is -5.09. The third-order valence-electron chi connectivity index (χ3n) is 3.28. The second kappa shape index (κ2) is 8.08. The number of nitrogens with one attached hydrogen (secondary N) is 2. The molecular weight excluding hydrogens is 452 g/mol. The van der Waals surface area contributed by atoms with Gasteiger partial charge in [0.25, 0.3) is 10.0 Å². The number of halogens is 7. The van der Waals surface area contributed by atoms with Crippen LogP contribution in [0.2, 0.25) is 5.02 Å². The van der Waals surface area contributed by atoms with E-state index in [1.54, 1.807) is 0 Å². The van der Waals surface area contributed by atoms with Crippen LogP contribution in [0.15, 0.2) is 51.8 Å². The van der Waals surface area contributed by atoms with Gasteiger partial charge in [-0.2, -0.15) is 34.8 Å². The Morgan fingerprint density at radius 1 is 0.931 bits per heavy atom. The van der Waals surface area contributed by atoms with E-state index in [9.17, 15) is 34.8 Å². The molecule has 0 atom stereocenters. The van der Waals surface area contributed by atoms with Crippen LogP contribution in [0.5, 0.6) is 0 Å². The molecule has 0 aliphatic rings. The average Bonchev–Trinajstić information content (AvgIpc) is 2.61. The quantitative estimate of drug-likeness (QED) is 0.271. The van der Waals surface area contributed by atoms with Crippen LogP contribution in [-0.2, 0) is 22.4 Å². The van der Waals surface area contributed by atoms with Gasteiger partial charge in [0.1, 0.15) is 0 Å². The number of alkyl halides is 6. The van der Waals surface area contributed by atoms with Gasteiger partial charge in [0.15, 0.2) is 0 Å². The van der Waals surface area contributed by atoms with E-state index in [4.69, 9.17) is 16.8 Å². The molecule has 0 aliphatic carbocycles. The molecule has 0 bridgehead atoms. The smallest absolute Gasteiger partial charge is 0.324 e. The molecule has 0 unspecified atom stereocenters. The van der Waals surface area contributed by atoms with Crippen molar-refractivity contribution < 1.29 is 40.0 Å². The van der Waals surface area contributed by atoms with Gasteiger partial charge >= 0.3 is 12.4 Å². The number of hydrogen-bond acceptors (Lipinski definition) is 3. The van der Waals surface area contributed by atoms with E-state index >= 15 is 0 Å². The number of sulfonamides is 1. The Kier molecular flexibility index (Phi) is 6.35. The second-order valence-corrected chi connectivity index (χ2v) is 7.44. The van der Waals surface area contributed by atoms with Crippen LogP contribution in [0.25, 0.3) is 0 Å². The topological polar surface area (TPSA) is 90.8 Å². The lowest BCUT2D eigenvalue weighted by Crippen LogP contribution is -2.29. The zero-order valence-electron chi connectivity index (χ0n) is 13.8. The summed E-state index contributed by atoms with van der Waals surface area (Å²) >= 11 is 5.67. The molecule has 158 valence electrons. The lowest BCUT2D eigenvalue weighted by atomic mass is 10.1. The molecule has 6 nitrogen and oxygen atoms in total. The van der Waals surface area contributed by atoms with Crippen molar-refractivity contribution in [1.82, 2.24) is 5.48 Å². The van der Waals surface area contributed by atoms with Crippen LogP contribution in [0.1, 0.15) is 11.1 Å². The summed E-state index contributed by atoms with van der Waals surface area (Å²) in [4.78, 5) is -1.37. The van der Waals surface area contributed by atoms with Crippen molar-refractivity contribution in [3.63, 3.8) is 0 Å². The van der Waals surface area contributed by atoms with Crippen molar-refractivity contribution in [1.29, 1.82) is 0 Å². The molecule has 0 fully saturated rings. The van der Waals surface area contributed by atoms with E-state index in [1.807, 2.05) is 0 Å². The second-order valence-electron chi connectivity index (χ2n) is 5.40. The molecule has 0 aliphatic heterocycles. The first-order valence-corrected chi connectivity index (χ1v) is 9.11.